The van der Waals surface area contributed by atoms with Crippen molar-refractivity contribution in [2.24, 2.45) is 0 Å². The highest BCUT2D eigenvalue weighted by Crippen LogP contribution is 2.37. The minimum Gasteiger partial charge on any atom is -0.493 e. The largest absolute Gasteiger partial charge is 0.493 e. The first kappa shape index (κ1) is 46.2. The van der Waals surface area contributed by atoms with Crippen molar-refractivity contribution in [3.05, 3.63) is 153 Å². The smallest absolute Gasteiger partial charge is 0.328 e. The minimum atomic E-state index is -3.76. The summed E-state index contributed by atoms with van der Waals surface area (Å²) in [5.41, 5.74) is 1.17. The van der Waals surface area contributed by atoms with Gasteiger partial charge in [-0.2, -0.15) is 0 Å². The van der Waals surface area contributed by atoms with E-state index in [1.165, 1.54) is 78.2 Å². The van der Waals surface area contributed by atoms with Gasteiger partial charge in [-0.1, -0.05) is 48.5 Å². The first-order valence-corrected chi connectivity index (χ1v) is 24.8. The number of aromatic nitrogens is 6. The Morgan fingerprint density at radius 3 is 1.87 bits per heavy atom. The standard InChI is InChI=1S/C47H44F2N6O10S2/c1-6-64-40-21-27(14-16-38(40)62-2)36(25-66(4,58)59)54-44-35(52-46(54)56)20-30(23-51-44)31-12-9-10-29(42(31)49)24-65-41-22-28(15-17-39(41)63-3)37(26-67(5,60)61)55-45-43(53-47(55)57)33(18-19-50-45)32-11-7-8-13-34(32)48/h7-23,36-37H,6,24-26H2,1-5H3,(H,52,56)(H,53,57)/t36-,37?/m1/s1. The lowest BCUT2D eigenvalue weighted by atomic mass is 10.0. The predicted molar refractivity (Wildman–Crippen MR) is 249 cm³/mol. The van der Waals surface area contributed by atoms with Crippen molar-refractivity contribution in [1.29, 1.82) is 0 Å². The number of rotatable bonds is 17. The minimum absolute atomic E-state index is 0.0898. The Morgan fingerprint density at radius 1 is 0.657 bits per heavy atom. The summed E-state index contributed by atoms with van der Waals surface area (Å²) in [7, 11) is -4.54. The third kappa shape index (κ3) is 9.53. The van der Waals surface area contributed by atoms with Crippen LogP contribution in [0.4, 0.5) is 8.78 Å². The second-order valence-electron chi connectivity index (χ2n) is 15.8. The highest BCUT2D eigenvalue weighted by molar-refractivity contribution is 7.90. The van der Waals surface area contributed by atoms with E-state index in [0.29, 0.717) is 40.4 Å². The molecule has 0 aliphatic heterocycles. The molecule has 0 fully saturated rings. The maximum Gasteiger partial charge on any atom is 0.328 e. The van der Waals surface area contributed by atoms with E-state index in [2.05, 4.69) is 19.9 Å². The summed E-state index contributed by atoms with van der Waals surface area (Å²) in [4.78, 5) is 41.8. The van der Waals surface area contributed by atoms with E-state index in [4.69, 9.17) is 18.9 Å². The number of halogens is 2. The molecule has 4 heterocycles. The van der Waals surface area contributed by atoms with Crippen LogP contribution in [0.3, 0.4) is 0 Å². The summed E-state index contributed by atoms with van der Waals surface area (Å²) in [6, 6.07) is 21.1. The molecular weight excluding hydrogens is 911 g/mol. The molecular formula is C47H44F2N6O10S2. The molecule has 20 heteroatoms. The van der Waals surface area contributed by atoms with Crippen LogP contribution < -0.4 is 30.3 Å². The van der Waals surface area contributed by atoms with Crippen LogP contribution in [0.1, 0.15) is 35.7 Å². The van der Waals surface area contributed by atoms with Crippen LogP contribution >= 0.6 is 0 Å². The molecule has 0 aliphatic carbocycles. The van der Waals surface area contributed by atoms with Crippen LogP contribution in [0.5, 0.6) is 23.0 Å². The van der Waals surface area contributed by atoms with Gasteiger partial charge in [-0.15, -0.1) is 0 Å². The summed E-state index contributed by atoms with van der Waals surface area (Å²) in [6.45, 7) is 1.76. The van der Waals surface area contributed by atoms with E-state index in [1.807, 2.05) is 0 Å². The van der Waals surface area contributed by atoms with E-state index >= 15 is 4.39 Å². The van der Waals surface area contributed by atoms with E-state index in [-0.39, 0.29) is 57.1 Å². The number of fused-ring (bicyclic) bond motifs is 2. The van der Waals surface area contributed by atoms with Gasteiger partial charge in [0.25, 0.3) is 0 Å². The lowest BCUT2D eigenvalue weighted by molar-refractivity contribution is 0.279. The molecule has 0 aliphatic rings. The summed E-state index contributed by atoms with van der Waals surface area (Å²) >= 11 is 0. The Morgan fingerprint density at radius 2 is 1.25 bits per heavy atom. The Bertz CT molecular complexity index is 3530. The Balaban J connectivity index is 1.12. The summed E-state index contributed by atoms with van der Waals surface area (Å²) in [5.74, 6) is -1.06. The van der Waals surface area contributed by atoms with Crippen molar-refractivity contribution in [2.45, 2.75) is 25.6 Å². The molecule has 0 spiro atoms. The van der Waals surface area contributed by atoms with Gasteiger partial charge in [0.15, 0.2) is 34.3 Å². The first-order valence-electron chi connectivity index (χ1n) is 20.7. The highest BCUT2D eigenvalue weighted by atomic mass is 32.2. The molecule has 67 heavy (non-hydrogen) atoms. The summed E-state index contributed by atoms with van der Waals surface area (Å²) in [5, 5.41) is 0. The first-order chi connectivity index (χ1) is 32.0. The molecule has 0 amide bonds. The molecule has 0 saturated heterocycles. The second kappa shape index (κ2) is 18.5. The average molecular weight is 955 g/mol. The summed E-state index contributed by atoms with van der Waals surface area (Å²) < 4.78 is 108. The van der Waals surface area contributed by atoms with Gasteiger partial charge >= 0.3 is 11.4 Å². The number of nitrogens with one attached hydrogen (secondary N) is 2. The van der Waals surface area contributed by atoms with Crippen molar-refractivity contribution in [3.8, 4) is 45.3 Å². The number of H-pyrrole nitrogens is 2. The lowest BCUT2D eigenvalue weighted by Crippen LogP contribution is -2.28. The van der Waals surface area contributed by atoms with Gasteiger partial charge in [0.1, 0.15) is 37.9 Å². The Hall–Kier alpha value is -7.32. The molecule has 348 valence electrons. The van der Waals surface area contributed by atoms with E-state index in [9.17, 15) is 30.8 Å². The van der Waals surface area contributed by atoms with Gasteiger partial charge in [-0.3, -0.25) is 9.13 Å². The summed E-state index contributed by atoms with van der Waals surface area (Å²) in [6.07, 6.45) is 4.88. The third-order valence-corrected chi connectivity index (χ3v) is 12.9. The number of pyridine rings is 2. The van der Waals surface area contributed by atoms with Gasteiger partial charge in [0.05, 0.1) is 55.4 Å². The van der Waals surface area contributed by atoms with Crippen LogP contribution in [0.2, 0.25) is 0 Å². The van der Waals surface area contributed by atoms with Gasteiger partial charge in [0, 0.05) is 52.7 Å². The molecule has 4 aromatic heterocycles. The Kier molecular flexibility index (Phi) is 12.8. The number of benzene rings is 4. The van der Waals surface area contributed by atoms with Crippen LogP contribution in [0.15, 0.2) is 113 Å². The predicted octanol–water partition coefficient (Wildman–Crippen LogP) is 6.64. The lowest BCUT2D eigenvalue weighted by Gasteiger charge is -2.20. The van der Waals surface area contributed by atoms with Crippen molar-refractivity contribution >= 4 is 42.0 Å². The number of methoxy groups -OCH3 is 2. The zero-order chi connectivity index (χ0) is 47.8. The number of aromatic amines is 2. The molecule has 2 atom stereocenters. The van der Waals surface area contributed by atoms with Gasteiger partial charge in [-0.25, -0.2) is 45.2 Å². The Labute approximate surface area is 382 Å². The molecule has 8 aromatic rings. The fourth-order valence-corrected chi connectivity index (χ4v) is 9.96. The number of nitrogens with zero attached hydrogens (tertiary/aromatic N) is 4. The molecule has 0 bridgehead atoms. The fourth-order valence-electron chi connectivity index (χ4n) is 8.13. The number of ether oxygens (including phenoxy) is 4. The van der Waals surface area contributed by atoms with Crippen molar-refractivity contribution in [2.75, 3.05) is 44.8 Å². The van der Waals surface area contributed by atoms with E-state index < -0.39 is 66.3 Å². The van der Waals surface area contributed by atoms with Crippen LogP contribution in [-0.2, 0) is 26.3 Å². The molecule has 1 unspecified atom stereocenters. The quantitative estimate of drug-likeness (QED) is 0.0986. The molecule has 2 N–H and O–H groups in total. The van der Waals surface area contributed by atoms with Gasteiger partial charge < -0.3 is 28.9 Å². The van der Waals surface area contributed by atoms with E-state index in [0.717, 1.165) is 12.5 Å². The van der Waals surface area contributed by atoms with Gasteiger partial charge in [0.2, 0.25) is 0 Å². The zero-order valence-corrected chi connectivity index (χ0v) is 38.4. The topological polar surface area (TPSA) is 207 Å². The van der Waals surface area contributed by atoms with Crippen molar-refractivity contribution < 1.29 is 44.6 Å². The molecule has 4 aromatic carbocycles. The monoisotopic (exact) mass is 954 g/mol. The number of imidazole rings is 2. The maximum atomic E-state index is 16.5. The molecule has 0 radical (unpaired) electrons. The van der Waals surface area contributed by atoms with Crippen molar-refractivity contribution in [1.82, 2.24) is 29.1 Å². The SMILES string of the molecule is CCOc1cc([C@@H](CS(C)(=O)=O)n2c(=O)[nH]c3cc(-c4cccc(COc5cc(C(CS(C)(=O)=O)n6c(=O)[nH]c7c(-c8ccccc8F)ccnc76)ccc5OC)c4F)cnc32)ccc1OC. The molecule has 0 saturated carbocycles. The number of sulfone groups is 2. The van der Waals surface area contributed by atoms with Crippen LogP contribution in [0.25, 0.3) is 44.6 Å². The normalized spacial score (nSPS) is 12.9. The third-order valence-electron chi connectivity index (χ3n) is 11.1. The van der Waals surface area contributed by atoms with Crippen LogP contribution in [0, 0.1) is 11.6 Å². The van der Waals surface area contributed by atoms with Gasteiger partial charge in [-0.05, 0) is 60.5 Å². The fraction of sp³-hybridized carbons (Fsp3) is 0.234. The second-order valence-corrected chi connectivity index (χ2v) is 20.1. The zero-order valence-electron chi connectivity index (χ0n) is 36.7. The highest BCUT2D eigenvalue weighted by Gasteiger charge is 2.29. The molecule has 8 rings (SSSR count). The number of hydrogen-bond acceptors (Lipinski definition) is 12. The van der Waals surface area contributed by atoms with Crippen molar-refractivity contribution in [3.63, 3.8) is 0 Å². The van der Waals surface area contributed by atoms with E-state index in [1.54, 1.807) is 55.5 Å². The maximum absolute atomic E-state index is 16.5. The average Bonchev–Trinajstić information content (AvgIpc) is 3.80. The molecule has 16 nitrogen and oxygen atoms in total. The van der Waals surface area contributed by atoms with Crippen LogP contribution in [-0.4, -0.2) is 90.7 Å². The number of hydrogen-bond donors (Lipinski definition) is 2.